The average Bonchev–Trinajstić information content (AvgIpc) is 2.68. The molecule has 0 aromatic carbocycles. The van der Waals surface area contributed by atoms with Crippen LogP contribution >= 0.6 is 0 Å². The van der Waals surface area contributed by atoms with Gasteiger partial charge in [0.05, 0.1) is 6.04 Å². The second-order valence-corrected chi connectivity index (χ2v) is 7.27. The Kier molecular flexibility index (Phi) is 7.82. The molecule has 1 heterocycles. The van der Waals surface area contributed by atoms with E-state index in [0.717, 1.165) is 25.7 Å². The molecule has 2 atom stereocenters. The number of nitrogens with one attached hydrogen (secondary N) is 2. The lowest BCUT2D eigenvalue weighted by molar-refractivity contribution is -0.122. The van der Waals surface area contributed by atoms with E-state index in [1.807, 2.05) is 34.6 Å². The molecule has 2 amide bonds. The summed E-state index contributed by atoms with van der Waals surface area (Å²) >= 11 is 0. The number of carbonyl (C=O) groups is 2. The first-order valence-corrected chi connectivity index (χ1v) is 8.74. The van der Waals surface area contributed by atoms with Crippen molar-refractivity contribution in [2.75, 3.05) is 19.6 Å². The Balaban J connectivity index is 2.43. The van der Waals surface area contributed by atoms with E-state index < -0.39 is 5.60 Å². The molecule has 2 N–H and O–H groups in total. The van der Waals surface area contributed by atoms with Crippen molar-refractivity contribution < 1.29 is 14.3 Å². The van der Waals surface area contributed by atoms with Crippen molar-refractivity contribution in [1.82, 2.24) is 15.5 Å². The molecular formula is C17H33N3O3. The predicted octanol–water partition coefficient (Wildman–Crippen LogP) is 2.28. The largest absolute Gasteiger partial charge is 0.444 e. The SMILES string of the molecule is CCCNC(=O)C(C)NC1CCCN(C(=O)OC(C)(C)C)CC1. The van der Waals surface area contributed by atoms with Gasteiger partial charge >= 0.3 is 6.09 Å². The van der Waals surface area contributed by atoms with Gasteiger partial charge in [-0.1, -0.05) is 6.92 Å². The zero-order chi connectivity index (χ0) is 17.5. The maximum atomic E-state index is 12.1. The van der Waals surface area contributed by atoms with Gasteiger partial charge in [0.1, 0.15) is 5.60 Å². The van der Waals surface area contributed by atoms with Crippen LogP contribution in [-0.2, 0) is 9.53 Å². The third-order valence-corrected chi connectivity index (χ3v) is 3.81. The Morgan fingerprint density at radius 1 is 1.26 bits per heavy atom. The summed E-state index contributed by atoms with van der Waals surface area (Å²) in [5, 5.41) is 6.29. The summed E-state index contributed by atoms with van der Waals surface area (Å²) in [6, 6.07) is 0.0458. The molecule has 1 rings (SSSR count). The molecule has 1 fully saturated rings. The van der Waals surface area contributed by atoms with Crippen LogP contribution < -0.4 is 10.6 Å². The molecule has 0 radical (unpaired) electrons. The van der Waals surface area contributed by atoms with Crippen molar-refractivity contribution >= 4 is 12.0 Å². The van der Waals surface area contributed by atoms with E-state index in [9.17, 15) is 9.59 Å². The van der Waals surface area contributed by atoms with E-state index in [1.165, 1.54) is 0 Å². The minimum absolute atomic E-state index is 0.0418. The van der Waals surface area contributed by atoms with Gasteiger partial charge in [-0.25, -0.2) is 4.79 Å². The summed E-state index contributed by atoms with van der Waals surface area (Å²) in [5.41, 5.74) is -0.465. The lowest BCUT2D eigenvalue weighted by Crippen LogP contribution is -2.47. The molecule has 0 aromatic heterocycles. The highest BCUT2D eigenvalue weighted by atomic mass is 16.6. The highest BCUT2D eigenvalue weighted by Crippen LogP contribution is 2.16. The number of likely N-dealkylation sites (tertiary alicyclic amines) is 1. The fourth-order valence-electron chi connectivity index (χ4n) is 2.60. The molecule has 134 valence electrons. The Hall–Kier alpha value is -1.30. The predicted molar refractivity (Wildman–Crippen MR) is 91.3 cm³/mol. The van der Waals surface area contributed by atoms with Gasteiger partial charge in [0.25, 0.3) is 0 Å². The number of ether oxygens (including phenoxy) is 1. The Bertz CT molecular complexity index is 393. The van der Waals surface area contributed by atoms with Crippen molar-refractivity contribution in [2.24, 2.45) is 0 Å². The molecule has 1 aliphatic rings. The van der Waals surface area contributed by atoms with Crippen molar-refractivity contribution in [3.63, 3.8) is 0 Å². The van der Waals surface area contributed by atoms with E-state index in [-0.39, 0.29) is 24.1 Å². The van der Waals surface area contributed by atoms with Gasteiger partial charge in [-0.15, -0.1) is 0 Å². The van der Waals surface area contributed by atoms with Crippen LogP contribution in [0, 0.1) is 0 Å². The van der Waals surface area contributed by atoms with Crippen LogP contribution in [0.4, 0.5) is 4.79 Å². The van der Waals surface area contributed by atoms with Crippen LogP contribution in [0.1, 0.15) is 60.3 Å². The molecule has 23 heavy (non-hydrogen) atoms. The zero-order valence-corrected chi connectivity index (χ0v) is 15.3. The van der Waals surface area contributed by atoms with E-state index >= 15 is 0 Å². The number of hydrogen-bond donors (Lipinski definition) is 2. The Morgan fingerprint density at radius 2 is 1.96 bits per heavy atom. The summed E-state index contributed by atoms with van der Waals surface area (Å²) in [6.45, 7) is 11.6. The van der Waals surface area contributed by atoms with Crippen molar-refractivity contribution in [2.45, 2.75) is 78.0 Å². The van der Waals surface area contributed by atoms with Crippen LogP contribution in [0.25, 0.3) is 0 Å². The van der Waals surface area contributed by atoms with Gasteiger partial charge in [-0.05, 0) is 53.4 Å². The second kappa shape index (κ2) is 9.11. The highest BCUT2D eigenvalue weighted by molar-refractivity contribution is 5.81. The number of hydrogen-bond acceptors (Lipinski definition) is 4. The van der Waals surface area contributed by atoms with E-state index in [4.69, 9.17) is 4.74 Å². The highest BCUT2D eigenvalue weighted by Gasteiger charge is 2.26. The monoisotopic (exact) mass is 327 g/mol. The summed E-state index contributed by atoms with van der Waals surface area (Å²) in [7, 11) is 0. The minimum Gasteiger partial charge on any atom is -0.444 e. The smallest absolute Gasteiger partial charge is 0.410 e. The summed E-state index contributed by atoms with van der Waals surface area (Å²) in [6.07, 6.45) is 3.41. The molecular weight excluding hydrogens is 294 g/mol. The third-order valence-electron chi connectivity index (χ3n) is 3.81. The number of rotatable bonds is 5. The van der Waals surface area contributed by atoms with Crippen LogP contribution in [-0.4, -0.2) is 54.2 Å². The Labute approximate surface area is 140 Å². The van der Waals surface area contributed by atoms with Gasteiger partial charge in [-0.2, -0.15) is 0 Å². The lowest BCUT2D eigenvalue weighted by Gasteiger charge is -2.26. The zero-order valence-electron chi connectivity index (χ0n) is 15.3. The van der Waals surface area contributed by atoms with Crippen molar-refractivity contribution in [1.29, 1.82) is 0 Å². The van der Waals surface area contributed by atoms with Gasteiger partial charge in [-0.3, -0.25) is 4.79 Å². The van der Waals surface area contributed by atoms with Gasteiger partial charge in [0.15, 0.2) is 0 Å². The molecule has 0 aromatic rings. The molecule has 1 aliphatic heterocycles. The Morgan fingerprint density at radius 3 is 2.57 bits per heavy atom. The normalized spacial score (nSPS) is 20.6. The van der Waals surface area contributed by atoms with E-state index in [2.05, 4.69) is 10.6 Å². The van der Waals surface area contributed by atoms with E-state index in [0.29, 0.717) is 19.6 Å². The van der Waals surface area contributed by atoms with Gasteiger partial charge < -0.3 is 20.3 Å². The lowest BCUT2D eigenvalue weighted by atomic mass is 10.1. The van der Waals surface area contributed by atoms with Crippen LogP contribution in [0.3, 0.4) is 0 Å². The van der Waals surface area contributed by atoms with E-state index in [1.54, 1.807) is 4.90 Å². The summed E-state index contributed by atoms with van der Waals surface area (Å²) < 4.78 is 5.43. The topological polar surface area (TPSA) is 70.7 Å². The van der Waals surface area contributed by atoms with Crippen LogP contribution in [0.15, 0.2) is 0 Å². The maximum Gasteiger partial charge on any atom is 0.410 e. The fourth-order valence-corrected chi connectivity index (χ4v) is 2.60. The molecule has 0 saturated carbocycles. The molecule has 0 spiro atoms. The molecule has 0 bridgehead atoms. The number of nitrogens with zero attached hydrogens (tertiary/aromatic N) is 1. The standard InChI is InChI=1S/C17H33N3O3/c1-6-10-18-15(21)13(2)19-14-8-7-11-20(12-9-14)16(22)23-17(3,4)5/h13-14,19H,6-12H2,1-5H3,(H,18,21). The maximum absolute atomic E-state index is 12.1. The van der Waals surface area contributed by atoms with Crippen LogP contribution in [0.2, 0.25) is 0 Å². The fraction of sp³-hybridized carbons (Fsp3) is 0.882. The molecule has 6 heteroatoms. The number of amides is 2. The third kappa shape index (κ3) is 7.68. The van der Waals surface area contributed by atoms with Gasteiger partial charge in [0, 0.05) is 25.7 Å². The molecule has 0 aliphatic carbocycles. The molecule has 6 nitrogen and oxygen atoms in total. The number of carbonyl (C=O) groups excluding carboxylic acids is 2. The van der Waals surface area contributed by atoms with Crippen molar-refractivity contribution in [3.8, 4) is 0 Å². The van der Waals surface area contributed by atoms with Gasteiger partial charge in [0.2, 0.25) is 5.91 Å². The summed E-state index contributed by atoms with van der Waals surface area (Å²) in [4.78, 5) is 25.8. The van der Waals surface area contributed by atoms with Crippen molar-refractivity contribution in [3.05, 3.63) is 0 Å². The van der Waals surface area contributed by atoms with Crippen LogP contribution in [0.5, 0.6) is 0 Å². The first kappa shape index (κ1) is 19.7. The first-order valence-electron chi connectivity index (χ1n) is 8.74. The second-order valence-electron chi connectivity index (χ2n) is 7.27. The first-order chi connectivity index (χ1) is 10.7. The molecule has 1 saturated heterocycles. The minimum atomic E-state index is -0.465. The molecule has 2 unspecified atom stereocenters. The average molecular weight is 327 g/mol. The summed E-state index contributed by atoms with van der Waals surface area (Å²) in [5.74, 6) is 0.0418. The quantitative estimate of drug-likeness (QED) is 0.813.